The molecule has 0 fully saturated rings. The number of nitrogens with zero attached hydrogens (tertiary/aromatic N) is 2. The molecule has 0 saturated carbocycles. The Balaban J connectivity index is 1.26. The van der Waals surface area contributed by atoms with E-state index in [2.05, 4.69) is 31.4 Å². The first kappa shape index (κ1) is 26.2. The summed E-state index contributed by atoms with van der Waals surface area (Å²) in [4.78, 5) is 16.8. The Labute approximate surface area is 230 Å². The topological polar surface area (TPSA) is 72.8 Å². The number of methoxy groups -OCH3 is 1. The zero-order chi connectivity index (χ0) is 25.3. The van der Waals surface area contributed by atoms with Gasteiger partial charge >= 0.3 is 0 Å². The number of hydrogen-bond donors (Lipinski definition) is 1. The van der Waals surface area contributed by atoms with Gasteiger partial charge in [-0.15, -0.1) is 11.3 Å². The highest BCUT2D eigenvalue weighted by molar-refractivity contribution is 9.10. The summed E-state index contributed by atoms with van der Waals surface area (Å²) in [6, 6.07) is 20.9. The van der Waals surface area contributed by atoms with E-state index < -0.39 is 0 Å². The van der Waals surface area contributed by atoms with Crippen LogP contribution in [0.15, 0.2) is 86.0 Å². The van der Waals surface area contributed by atoms with Crippen LogP contribution in [0.4, 0.5) is 0 Å². The van der Waals surface area contributed by atoms with E-state index in [1.54, 1.807) is 19.4 Å². The molecule has 1 aromatic heterocycles. The molecule has 0 bridgehead atoms. The van der Waals surface area contributed by atoms with Gasteiger partial charge in [-0.1, -0.05) is 63.6 Å². The second-order valence-electron chi connectivity index (χ2n) is 7.42. The molecule has 1 heterocycles. The number of rotatable bonds is 10. The molecule has 0 aliphatic heterocycles. The maximum Gasteiger partial charge on any atom is 0.250 e. The molecule has 0 atom stereocenters. The highest BCUT2D eigenvalue weighted by Crippen LogP contribution is 2.30. The van der Waals surface area contributed by atoms with E-state index in [0.717, 1.165) is 31.2 Å². The minimum Gasteiger partial charge on any atom is -0.493 e. The quantitative estimate of drug-likeness (QED) is 0.120. The van der Waals surface area contributed by atoms with Crippen LogP contribution < -0.4 is 14.9 Å². The van der Waals surface area contributed by atoms with Gasteiger partial charge in [0.2, 0.25) is 0 Å². The number of aromatic nitrogens is 1. The Bertz CT molecular complexity index is 1360. The monoisotopic (exact) mass is 601 g/mol. The van der Waals surface area contributed by atoms with E-state index in [0.29, 0.717) is 23.1 Å². The van der Waals surface area contributed by atoms with Gasteiger partial charge in [-0.25, -0.2) is 10.4 Å². The Morgan fingerprint density at radius 3 is 2.78 bits per heavy atom. The van der Waals surface area contributed by atoms with Crippen LogP contribution in [0.3, 0.4) is 0 Å². The van der Waals surface area contributed by atoms with Gasteiger partial charge in [0, 0.05) is 20.4 Å². The minimum absolute atomic E-state index is 0.205. The number of halogens is 2. The summed E-state index contributed by atoms with van der Waals surface area (Å²) in [5.41, 5.74) is 6.19. The van der Waals surface area contributed by atoms with E-state index >= 15 is 0 Å². The SMILES string of the molecule is COc1cc(/C=N/NC(=O)CSc2nc(-c3ccc(Cl)cc3)cs2)ccc1OCc1cccc(Br)c1. The molecule has 1 N–H and O–H groups in total. The Kier molecular flexibility index (Phi) is 9.41. The summed E-state index contributed by atoms with van der Waals surface area (Å²) in [5, 5.41) is 6.69. The summed E-state index contributed by atoms with van der Waals surface area (Å²) >= 11 is 12.3. The highest BCUT2D eigenvalue weighted by Gasteiger charge is 2.09. The van der Waals surface area contributed by atoms with Crippen LogP contribution in [-0.4, -0.2) is 30.0 Å². The van der Waals surface area contributed by atoms with Gasteiger partial charge in [-0.3, -0.25) is 4.79 Å². The molecule has 0 saturated heterocycles. The molecule has 4 aromatic rings. The van der Waals surface area contributed by atoms with Crippen LogP contribution in [0.2, 0.25) is 5.02 Å². The van der Waals surface area contributed by atoms with Crippen LogP contribution in [0.1, 0.15) is 11.1 Å². The highest BCUT2D eigenvalue weighted by atomic mass is 79.9. The zero-order valence-electron chi connectivity index (χ0n) is 19.1. The normalized spacial score (nSPS) is 11.0. The molecule has 6 nitrogen and oxygen atoms in total. The Morgan fingerprint density at radius 1 is 1.17 bits per heavy atom. The summed E-state index contributed by atoms with van der Waals surface area (Å²) in [7, 11) is 1.58. The smallest absolute Gasteiger partial charge is 0.250 e. The number of ether oxygens (including phenoxy) is 2. The molecule has 0 radical (unpaired) electrons. The first-order chi connectivity index (χ1) is 17.5. The van der Waals surface area contributed by atoms with Crippen LogP contribution in [0.5, 0.6) is 11.5 Å². The lowest BCUT2D eigenvalue weighted by molar-refractivity contribution is -0.118. The average Bonchev–Trinajstić information content (AvgIpc) is 3.36. The van der Waals surface area contributed by atoms with Gasteiger partial charge < -0.3 is 9.47 Å². The van der Waals surface area contributed by atoms with Crippen molar-refractivity contribution >= 4 is 62.8 Å². The molecule has 3 aromatic carbocycles. The standard InChI is InChI=1S/C26H21BrClN3O3S2/c1-33-24-12-17(5-10-23(24)34-14-18-3-2-4-20(27)11-18)13-29-31-25(32)16-36-26-30-22(15-35-26)19-6-8-21(28)9-7-19/h2-13,15H,14,16H2,1H3,(H,31,32)/b29-13+. The molecule has 0 aliphatic rings. The molecule has 4 rings (SSSR count). The summed E-state index contributed by atoms with van der Waals surface area (Å²) in [5.74, 6) is 1.18. The van der Waals surface area contributed by atoms with Gasteiger partial charge in [-0.2, -0.15) is 5.10 Å². The zero-order valence-corrected chi connectivity index (χ0v) is 23.1. The number of benzene rings is 3. The first-order valence-corrected chi connectivity index (χ1v) is 13.8. The van der Waals surface area contributed by atoms with Crippen molar-refractivity contribution in [2.24, 2.45) is 5.10 Å². The lowest BCUT2D eigenvalue weighted by Gasteiger charge is -2.11. The fourth-order valence-electron chi connectivity index (χ4n) is 3.09. The minimum atomic E-state index is -0.222. The largest absolute Gasteiger partial charge is 0.493 e. The Hall–Kier alpha value is -2.85. The van der Waals surface area contributed by atoms with Gasteiger partial charge in [0.1, 0.15) is 6.61 Å². The molecule has 1 amide bonds. The number of hydrogen-bond acceptors (Lipinski definition) is 7. The van der Waals surface area contributed by atoms with Gasteiger partial charge in [0.25, 0.3) is 5.91 Å². The molecule has 0 spiro atoms. The third-order valence-corrected chi connectivity index (χ3v) is 7.59. The summed E-state index contributed by atoms with van der Waals surface area (Å²) in [6.07, 6.45) is 1.56. The number of amides is 1. The van der Waals surface area contributed by atoms with E-state index in [-0.39, 0.29) is 11.7 Å². The number of carbonyl (C=O) groups is 1. The van der Waals surface area contributed by atoms with Crippen molar-refractivity contribution in [3.63, 3.8) is 0 Å². The fraction of sp³-hybridized carbons (Fsp3) is 0.115. The predicted octanol–water partition coefficient (Wildman–Crippen LogP) is 7.06. The van der Waals surface area contributed by atoms with Gasteiger partial charge in [-0.05, 0) is 53.6 Å². The average molecular weight is 603 g/mol. The number of thioether (sulfide) groups is 1. The van der Waals surface area contributed by atoms with Crippen LogP contribution in [0, 0.1) is 0 Å². The van der Waals surface area contributed by atoms with Crippen LogP contribution >= 0.6 is 50.6 Å². The van der Waals surface area contributed by atoms with Crippen LogP contribution in [0.25, 0.3) is 11.3 Å². The molecule has 36 heavy (non-hydrogen) atoms. The van der Waals surface area contributed by atoms with Crippen molar-refractivity contribution < 1.29 is 14.3 Å². The lowest BCUT2D eigenvalue weighted by Crippen LogP contribution is -2.19. The molecular formula is C26H21BrClN3O3S2. The second kappa shape index (κ2) is 12.9. The third kappa shape index (κ3) is 7.57. The third-order valence-electron chi connectivity index (χ3n) is 4.82. The summed E-state index contributed by atoms with van der Waals surface area (Å²) < 4.78 is 13.2. The maximum atomic E-state index is 12.2. The van der Waals surface area contributed by atoms with Gasteiger partial charge in [0.05, 0.1) is 24.8 Å². The number of thiazole rings is 1. The van der Waals surface area contributed by atoms with Gasteiger partial charge in [0.15, 0.2) is 15.8 Å². The van der Waals surface area contributed by atoms with E-state index in [9.17, 15) is 4.79 Å². The van der Waals surface area contributed by atoms with Crippen molar-refractivity contribution in [1.82, 2.24) is 10.4 Å². The van der Waals surface area contributed by atoms with E-state index in [4.69, 9.17) is 21.1 Å². The molecule has 10 heteroatoms. The summed E-state index contributed by atoms with van der Waals surface area (Å²) in [6.45, 7) is 0.414. The number of hydrazone groups is 1. The van der Waals surface area contributed by atoms with Crippen molar-refractivity contribution in [3.8, 4) is 22.8 Å². The molecule has 184 valence electrons. The van der Waals surface area contributed by atoms with Crippen LogP contribution in [-0.2, 0) is 11.4 Å². The fourth-order valence-corrected chi connectivity index (χ4v) is 5.29. The number of carbonyl (C=O) groups excluding carboxylic acids is 1. The molecule has 0 unspecified atom stereocenters. The predicted molar refractivity (Wildman–Crippen MR) is 150 cm³/mol. The number of nitrogens with one attached hydrogen (secondary N) is 1. The molecular weight excluding hydrogens is 582 g/mol. The van der Waals surface area contributed by atoms with E-state index in [1.807, 2.05) is 66.0 Å². The van der Waals surface area contributed by atoms with Crippen molar-refractivity contribution in [3.05, 3.63) is 92.7 Å². The Morgan fingerprint density at radius 2 is 2.00 bits per heavy atom. The second-order valence-corrected chi connectivity index (χ2v) is 10.8. The van der Waals surface area contributed by atoms with E-state index in [1.165, 1.54) is 23.1 Å². The lowest BCUT2D eigenvalue weighted by atomic mass is 10.2. The molecule has 0 aliphatic carbocycles. The van der Waals surface area contributed by atoms with Crippen molar-refractivity contribution in [2.45, 2.75) is 10.9 Å². The van der Waals surface area contributed by atoms with Crippen molar-refractivity contribution in [2.75, 3.05) is 12.9 Å². The first-order valence-electron chi connectivity index (χ1n) is 10.7. The van der Waals surface area contributed by atoms with Crippen molar-refractivity contribution in [1.29, 1.82) is 0 Å². The maximum absolute atomic E-state index is 12.2.